The lowest BCUT2D eigenvalue weighted by Crippen LogP contribution is -2.44. The summed E-state index contributed by atoms with van der Waals surface area (Å²) in [5.41, 5.74) is 3.44. The molecule has 5 rings (SSSR count). The lowest BCUT2D eigenvalue weighted by atomic mass is 9.89. The first-order valence-electron chi connectivity index (χ1n) is 13.8. The summed E-state index contributed by atoms with van der Waals surface area (Å²) in [6.07, 6.45) is 5.07. The van der Waals surface area contributed by atoms with E-state index in [0.29, 0.717) is 31.8 Å². The van der Waals surface area contributed by atoms with Gasteiger partial charge in [0.2, 0.25) is 0 Å². The maximum Gasteiger partial charge on any atom is 0.356 e. The van der Waals surface area contributed by atoms with E-state index >= 15 is 0 Å². The Bertz CT molecular complexity index is 1630. The van der Waals surface area contributed by atoms with Crippen molar-refractivity contribution in [1.29, 1.82) is 0 Å². The Morgan fingerprint density at radius 2 is 1.83 bits per heavy atom. The maximum atomic E-state index is 14.8. The van der Waals surface area contributed by atoms with E-state index in [-0.39, 0.29) is 30.0 Å². The summed E-state index contributed by atoms with van der Waals surface area (Å²) in [7, 11) is 4.87. The van der Waals surface area contributed by atoms with Crippen LogP contribution in [0.2, 0.25) is 5.02 Å². The molecule has 1 aliphatic rings. The number of nitrogens with zero attached hydrogens (tertiary/aromatic N) is 2. The molecule has 1 saturated carbocycles. The number of benzene rings is 2. The molecule has 0 spiro atoms. The van der Waals surface area contributed by atoms with Gasteiger partial charge in [0.1, 0.15) is 22.1 Å². The zero-order valence-corrected chi connectivity index (χ0v) is 25.6. The Labute approximate surface area is 253 Å². The summed E-state index contributed by atoms with van der Waals surface area (Å²) in [6, 6.07) is 12.7. The number of aryl methyl sites for hydroxylation is 1. The quantitative estimate of drug-likeness (QED) is 0.216. The van der Waals surface area contributed by atoms with E-state index in [1.54, 1.807) is 25.4 Å². The number of aromatic nitrogens is 1. The molecule has 0 radical (unpaired) electrons. The van der Waals surface area contributed by atoms with Gasteiger partial charge in [0.05, 0.1) is 23.9 Å². The minimum Gasteiger partial charge on any atom is -0.496 e. The van der Waals surface area contributed by atoms with Gasteiger partial charge in [-0.2, -0.15) is 0 Å². The first kappa shape index (κ1) is 29.9. The summed E-state index contributed by atoms with van der Waals surface area (Å²) in [6.45, 7) is 2.14. The van der Waals surface area contributed by atoms with Crippen molar-refractivity contribution in [2.24, 2.45) is 0 Å². The number of carbonyl (C=O) groups is 2. The SMILES string of the molecule is CN[C@H]1CC[C@H](N(Cc2cc(-c3ccnc(C(=O)OC)c3)ccc2OC)C(=O)c2sc3c(F)ccc(C)c3c2Cl)CC1. The zero-order valence-electron chi connectivity index (χ0n) is 24.0. The van der Waals surface area contributed by atoms with E-state index in [9.17, 15) is 14.0 Å². The van der Waals surface area contributed by atoms with E-state index in [1.807, 2.05) is 43.1 Å². The number of thiophene rings is 1. The highest BCUT2D eigenvalue weighted by Gasteiger charge is 2.33. The van der Waals surface area contributed by atoms with Crippen LogP contribution < -0.4 is 10.1 Å². The molecule has 0 unspecified atom stereocenters. The summed E-state index contributed by atoms with van der Waals surface area (Å²) in [4.78, 5) is 32.7. The summed E-state index contributed by atoms with van der Waals surface area (Å²) in [5, 5.41) is 4.23. The molecule has 1 aliphatic carbocycles. The minimum atomic E-state index is -0.522. The number of rotatable bonds is 8. The lowest BCUT2D eigenvalue weighted by Gasteiger charge is -2.37. The second-order valence-corrected chi connectivity index (χ2v) is 11.9. The molecule has 1 N–H and O–H groups in total. The van der Waals surface area contributed by atoms with Gasteiger partial charge in [0.15, 0.2) is 0 Å². The van der Waals surface area contributed by atoms with Gasteiger partial charge in [-0.25, -0.2) is 14.2 Å². The van der Waals surface area contributed by atoms with Crippen LogP contribution in [0.15, 0.2) is 48.7 Å². The Balaban J connectivity index is 1.56. The first-order chi connectivity index (χ1) is 20.2. The van der Waals surface area contributed by atoms with Crippen molar-refractivity contribution in [1.82, 2.24) is 15.2 Å². The third kappa shape index (κ3) is 5.86. The van der Waals surface area contributed by atoms with Crippen molar-refractivity contribution in [3.63, 3.8) is 0 Å². The topological polar surface area (TPSA) is 80.8 Å². The van der Waals surface area contributed by atoms with Crippen LogP contribution >= 0.6 is 22.9 Å². The van der Waals surface area contributed by atoms with Crippen LogP contribution in [0.1, 0.15) is 57.0 Å². The average molecular weight is 610 g/mol. The summed E-state index contributed by atoms with van der Waals surface area (Å²) in [5.74, 6) is -0.503. The van der Waals surface area contributed by atoms with Crippen molar-refractivity contribution >= 4 is 44.9 Å². The van der Waals surface area contributed by atoms with Crippen LogP contribution in [0.4, 0.5) is 4.39 Å². The van der Waals surface area contributed by atoms with Crippen LogP contribution in [-0.2, 0) is 11.3 Å². The van der Waals surface area contributed by atoms with Crippen LogP contribution in [0.5, 0.6) is 5.75 Å². The number of amides is 1. The minimum absolute atomic E-state index is 0.0328. The molecule has 2 aromatic carbocycles. The molecule has 10 heteroatoms. The number of pyridine rings is 1. The molecular weight excluding hydrogens is 577 g/mol. The van der Waals surface area contributed by atoms with Crippen LogP contribution in [-0.4, -0.2) is 55.1 Å². The number of carbonyl (C=O) groups excluding carboxylic acids is 2. The highest BCUT2D eigenvalue weighted by molar-refractivity contribution is 7.21. The molecule has 0 saturated heterocycles. The molecule has 4 aromatic rings. The van der Waals surface area contributed by atoms with Crippen LogP contribution in [0.3, 0.4) is 0 Å². The molecule has 2 heterocycles. The van der Waals surface area contributed by atoms with Crippen molar-refractivity contribution in [3.8, 4) is 16.9 Å². The molecule has 0 bridgehead atoms. The lowest BCUT2D eigenvalue weighted by molar-refractivity contribution is 0.0590. The van der Waals surface area contributed by atoms with E-state index in [2.05, 4.69) is 10.3 Å². The number of esters is 1. The van der Waals surface area contributed by atoms with Gasteiger partial charge < -0.3 is 19.7 Å². The number of halogens is 2. The van der Waals surface area contributed by atoms with E-state index in [1.165, 1.54) is 13.2 Å². The van der Waals surface area contributed by atoms with Crippen LogP contribution in [0.25, 0.3) is 21.2 Å². The van der Waals surface area contributed by atoms with Crippen molar-refractivity contribution < 1.29 is 23.5 Å². The Morgan fingerprint density at radius 1 is 1.10 bits per heavy atom. The average Bonchev–Trinajstić information content (AvgIpc) is 3.39. The van der Waals surface area contributed by atoms with Crippen LogP contribution in [0, 0.1) is 12.7 Å². The van der Waals surface area contributed by atoms with Gasteiger partial charge in [0, 0.05) is 35.8 Å². The van der Waals surface area contributed by atoms with Gasteiger partial charge >= 0.3 is 5.97 Å². The number of hydrogen-bond acceptors (Lipinski definition) is 7. The molecular formula is C32H33ClFN3O4S. The largest absolute Gasteiger partial charge is 0.496 e. The van der Waals surface area contributed by atoms with Gasteiger partial charge in [-0.1, -0.05) is 23.7 Å². The predicted molar refractivity (Wildman–Crippen MR) is 164 cm³/mol. The molecule has 0 aliphatic heterocycles. The third-order valence-corrected chi connectivity index (χ3v) is 9.73. The fourth-order valence-electron chi connectivity index (χ4n) is 5.69. The summed E-state index contributed by atoms with van der Waals surface area (Å²) < 4.78 is 25.7. The van der Waals surface area contributed by atoms with Gasteiger partial charge in [0.25, 0.3) is 5.91 Å². The number of ether oxygens (including phenoxy) is 2. The molecule has 0 atom stereocenters. The molecule has 7 nitrogen and oxygen atoms in total. The number of hydrogen-bond donors (Lipinski definition) is 1. The Hall–Kier alpha value is -3.53. The number of fused-ring (bicyclic) bond motifs is 1. The Kier molecular flexibility index (Phi) is 9.11. The third-order valence-electron chi connectivity index (χ3n) is 8.05. The number of methoxy groups -OCH3 is 2. The van der Waals surface area contributed by atoms with Gasteiger partial charge in [-0.05, 0) is 86.7 Å². The highest BCUT2D eigenvalue weighted by Crippen LogP contribution is 2.41. The van der Waals surface area contributed by atoms with Crippen molar-refractivity contribution in [2.45, 2.75) is 51.2 Å². The second kappa shape index (κ2) is 12.8. The molecule has 1 amide bonds. The standard InChI is InChI=1S/C32H33ClFN3O4S/c1-18-5-11-24(34)29-27(18)28(33)30(42-29)31(38)37(23-9-7-22(35-2)8-10-23)17-21-15-19(6-12-26(21)40-3)20-13-14-36-25(16-20)32(39)41-4/h5-6,11-16,22-23,35H,7-10,17H2,1-4H3/t22-,23-. The maximum absolute atomic E-state index is 14.8. The van der Waals surface area contributed by atoms with Gasteiger partial charge in [-0.15, -0.1) is 11.3 Å². The second-order valence-electron chi connectivity index (χ2n) is 10.5. The summed E-state index contributed by atoms with van der Waals surface area (Å²) >= 11 is 7.90. The van der Waals surface area contributed by atoms with E-state index in [4.69, 9.17) is 21.1 Å². The molecule has 2 aromatic heterocycles. The normalized spacial score (nSPS) is 16.8. The van der Waals surface area contributed by atoms with E-state index in [0.717, 1.165) is 59.3 Å². The Morgan fingerprint density at radius 3 is 2.50 bits per heavy atom. The molecule has 42 heavy (non-hydrogen) atoms. The smallest absolute Gasteiger partial charge is 0.356 e. The predicted octanol–water partition coefficient (Wildman–Crippen LogP) is 7.03. The van der Waals surface area contributed by atoms with E-state index < -0.39 is 5.97 Å². The first-order valence-corrected chi connectivity index (χ1v) is 15.0. The fourth-order valence-corrected chi connectivity index (χ4v) is 7.32. The number of nitrogens with one attached hydrogen (secondary N) is 1. The molecule has 1 fully saturated rings. The molecule has 220 valence electrons. The monoisotopic (exact) mass is 609 g/mol. The zero-order chi connectivity index (χ0) is 30.0. The highest BCUT2D eigenvalue weighted by atomic mass is 35.5. The van der Waals surface area contributed by atoms with Crippen molar-refractivity contribution in [3.05, 3.63) is 81.2 Å². The van der Waals surface area contributed by atoms with Crippen molar-refractivity contribution in [2.75, 3.05) is 21.3 Å². The fraction of sp³-hybridized carbons (Fsp3) is 0.344. The van der Waals surface area contributed by atoms with Gasteiger partial charge in [-0.3, -0.25) is 4.79 Å².